The molecule has 6 N–H and O–H groups in total. The van der Waals surface area contributed by atoms with Gasteiger partial charge in [-0.25, -0.2) is 0 Å². The quantitative estimate of drug-likeness (QED) is 0.108. The van der Waals surface area contributed by atoms with Crippen molar-refractivity contribution in [2.75, 3.05) is 35.0 Å². The molecular formula is C32H39ClF6N4O4S. The molecule has 1 amide bonds. The third-order valence-corrected chi connectivity index (χ3v) is 9.58. The number of aliphatic hydroxyl groups is 1. The van der Waals surface area contributed by atoms with Gasteiger partial charge >= 0.3 is 12.4 Å². The zero-order valence-electron chi connectivity index (χ0n) is 25.9. The molecule has 3 aromatic carbocycles. The number of carbonyl (C=O) groups excluding carboxylic acids is 1. The molecule has 1 heterocycles. The molecule has 1 saturated heterocycles. The number of alkyl halides is 6. The van der Waals surface area contributed by atoms with Crippen LogP contribution in [0.25, 0.3) is 0 Å². The molecular weight excluding hydrogens is 686 g/mol. The average molecular weight is 725 g/mol. The van der Waals surface area contributed by atoms with Crippen LogP contribution in [-0.4, -0.2) is 57.7 Å². The van der Waals surface area contributed by atoms with Gasteiger partial charge in [0.2, 0.25) is 0 Å². The highest BCUT2D eigenvalue weighted by Gasteiger charge is 2.37. The number of aliphatic hydroxyl groups excluding tert-OH is 1. The standard InChI is InChI=1S/C32H38F6N4O4S.ClH/c1-2-40-26-15-23(16-27(18-26)42-10-6-7-11-47(42,45)46)30(44)41-28(14-21-8-4-3-5-9-21)29(43)20-39-19-22-12-24(31(33,34)35)17-25(13-22)32(36,37)38;/h3-5,8-9,12-13,15-18,28-29,39-40,43,45-46H,2,6-7,10-11,14,19-20H2,1H3,(H,41,44);1H/t28-,29-;/m0./s1. The Bertz CT molecular complexity index is 1480. The van der Waals surface area contributed by atoms with Gasteiger partial charge in [0.1, 0.15) is 0 Å². The molecule has 0 aromatic heterocycles. The summed E-state index contributed by atoms with van der Waals surface area (Å²) in [4.78, 5) is 13.6. The lowest BCUT2D eigenvalue weighted by Gasteiger charge is -2.47. The number of hydrogen-bond donors (Lipinski definition) is 6. The molecule has 0 spiro atoms. The van der Waals surface area contributed by atoms with Gasteiger partial charge in [-0.15, -0.1) is 23.2 Å². The molecule has 0 bridgehead atoms. The van der Waals surface area contributed by atoms with E-state index in [0.29, 0.717) is 43.0 Å². The minimum atomic E-state index is -4.99. The number of anilines is 2. The highest BCUT2D eigenvalue weighted by atomic mass is 35.5. The monoisotopic (exact) mass is 724 g/mol. The Hall–Kier alpha value is -3.21. The maximum Gasteiger partial charge on any atom is 0.416 e. The highest BCUT2D eigenvalue weighted by Crippen LogP contribution is 2.50. The zero-order valence-corrected chi connectivity index (χ0v) is 27.6. The maximum absolute atomic E-state index is 13.6. The van der Waals surface area contributed by atoms with E-state index in [1.807, 2.05) is 6.92 Å². The summed E-state index contributed by atoms with van der Waals surface area (Å²) in [6, 6.07) is 14.1. The molecule has 3 aromatic rings. The number of benzene rings is 3. The van der Waals surface area contributed by atoms with E-state index in [4.69, 9.17) is 0 Å². The minimum Gasteiger partial charge on any atom is -0.390 e. The van der Waals surface area contributed by atoms with Crippen LogP contribution in [-0.2, 0) is 25.3 Å². The van der Waals surface area contributed by atoms with Crippen LogP contribution in [0.15, 0.2) is 66.7 Å². The smallest absolute Gasteiger partial charge is 0.390 e. The Labute approximate surface area is 282 Å². The molecule has 16 heteroatoms. The lowest BCUT2D eigenvalue weighted by Crippen LogP contribution is -2.48. The van der Waals surface area contributed by atoms with Gasteiger partial charge < -0.3 is 21.1 Å². The Balaban J connectivity index is 0.00000625. The van der Waals surface area contributed by atoms with Crippen molar-refractivity contribution in [2.45, 2.75) is 57.2 Å². The van der Waals surface area contributed by atoms with E-state index in [-0.39, 0.29) is 48.3 Å². The number of rotatable bonds is 12. The van der Waals surface area contributed by atoms with Gasteiger partial charge in [0.25, 0.3) is 5.91 Å². The fraction of sp³-hybridized carbons (Fsp3) is 0.406. The molecule has 266 valence electrons. The average Bonchev–Trinajstić information content (AvgIpc) is 3.00. The number of carbonyl (C=O) groups is 1. The van der Waals surface area contributed by atoms with E-state index in [0.717, 1.165) is 12.0 Å². The van der Waals surface area contributed by atoms with Crippen molar-refractivity contribution in [1.82, 2.24) is 10.6 Å². The minimum absolute atomic E-state index is 0. The molecule has 4 rings (SSSR count). The number of nitrogens with one attached hydrogen (secondary N) is 3. The van der Waals surface area contributed by atoms with Crippen molar-refractivity contribution < 1.29 is 45.3 Å². The predicted octanol–water partition coefficient (Wildman–Crippen LogP) is 7.34. The Morgan fingerprint density at radius 1 is 0.917 bits per heavy atom. The van der Waals surface area contributed by atoms with Crippen molar-refractivity contribution >= 4 is 40.5 Å². The summed E-state index contributed by atoms with van der Waals surface area (Å²) in [7, 11) is -3.08. The van der Waals surface area contributed by atoms with Crippen LogP contribution in [0.1, 0.15) is 52.4 Å². The van der Waals surface area contributed by atoms with E-state index < -0.39 is 58.9 Å². The summed E-state index contributed by atoms with van der Waals surface area (Å²) in [6.07, 6.45) is -9.74. The summed E-state index contributed by atoms with van der Waals surface area (Å²) in [5, 5.41) is 19.8. The van der Waals surface area contributed by atoms with E-state index in [2.05, 4.69) is 16.0 Å². The summed E-state index contributed by atoms with van der Waals surface area (Å²) >= 11 is 0. The first-order valence-electron chi connectivity index (χ1n) is 15.0. The second-order valence-electron chi connectivity index (χ2n) is 11.3. The van der Waals surface area contributed by atoms with Crippen LogP contribution >= 0.6 is 23.2 Å². The van der Waals surface area contributed by atoms with E-state index >= 15 is 0 Å². The van der Waals surface area contributed by atoms with Gasteiger partial charge in [-0.3, -0.25) is 18.2 Å². The summed E-state index contributed by atoms with van der Waals surface area (Å²) in [6.45, 7) is 2.09. The Morgan fingerprint density at radius 3 is 2.15 bits per heavy atom. The van der Waals surface area contributed by atoms with Gasteiger partial charge in [0, 0.05) is 37.4 Å². The predicted molar refractivity (Wildman–Crippen MR) is 178 cm³/mol. The lowest BCUT2D eigenvalue weighted by molar-refractivity contribution is -0.143. The normalized spacial score (nSPS) is 16.8. The van der Waals surface area contributed by atoms with E-state index in [9.17, 15) is 45.3 Å². The van der Waals surface area contributed by atoms with Crippen molar-refractivity contribution in [3.63, 3.8) is 0 Å². The molecule has 1 aliphatic heterocycles. The van der Waals surface area contributed by atoms with Crippen molar-refractivity contribution in [3.05, 3.63) is 94.5 Å². The molecule has 8 nitrogen and oxygen atoms in total. The fourth-order valence-electron chi connectivity index (χ4n) is 5.33. The van der Waals surface area contributed by atoms with Gasteiger partial charge in [-0.1, -0.05) is 30.3 Å². The molecule has 0 saturated carbocycles. The van der Waals surface area contributed by atoms with Gasteiger partial charge in [0.05, 0.1) is 34.7 Å². The van der Waals surface area contributed by atoms with Crippen LogP contribution in [0.5, 0.6) is 0 Å². The molecule has 0 aliphatic carbocycles. The Kier molecular flexibility index (Phi) is 13.5. The van der Waals surface area contributed by atoms with Crippen LogP contribution in [0, 0.1) is 0 Å². The summed E-state index contributed by atoms with van der Waals surface area (Å²) < 4.78 is 103. The largest absolute Gasteiger partial charge is 0.416 e. The first-order chi connectivity index (χ1) is 22.1. The molecule has 0 radical (unpaired) electrons. The third-order valence-electron chi connectivity index (χ3n) is 7.64. The van der Waals surface area contributed by atoms with Crippen LogP contribution in [0.2, 0.25) is 0 Å². The molecule has 2 atom stereocenters. The van der Waals surface area contributed by atoms with Crippen LogP contribution in [0.4, 0.5) is 37.7 Å². The first-order valence-corrected chi connectivity index (χ1v) is 16.7. The van der Waals surface area contributed by atoms with Crippen molar-refractivity contribution in [2.24, 2.45) is 0 Å². The number of halogens is 7. The zero-order chi connectivity index (χ0) is 34.4. The Morgan fingerprint density at radius 2 is 1.56 bits per heavy atom. The first kappa shape index (κ1) is 39.2. The number of hydrogen-bond acceptors (Lipinski definition) is 7. The van der Waals surface area contributed by atoms with E-state index in [1.54, 1.807) is 42.5 Å². The highest BCUT2D eigenvalue weighted by molar-refractivity contribution is 8.25. The molecule has 1 fully saturated rings. The van der Waals surface area contributed by atoms with Crippen molar-refractivity contribution in [3.8, 4) is 0 Å². The fourth-order valence-corrected chi connectivity index (χ4v) is 7.01. The van der Waals surface area contributed by atoms with Gasteiger partial charge in [-0.05, 0) is 73.7 Å². The maximum atomic E-state index is 13.6. The lowest BCUT2D eigenvalue weighted by atomic mass is 10.00. The second-order valence-corrected chi connectivity index (χ2v) is 13.4. The molecule has 48 heavy (non-hydrogen) atoms. The van der Waals surface area contributed by atoms with E-state index in [1.165, 1.54) is 10.4 Å². The SMILES string of the molecule is CCNc1cc(C(=O)N[C@@H](Cc2ccccc2)[C@@H](O)CNCc2cc(C(F)(F)F)cc(C(F)(F)F)c2)cc(N2CCCCS2(O)O)c1.Cl. The van der Waals surface area contributed by atoms with Crippen LogP contribution in [0.3, 0.4) is 0 Å². The van der Waals surface area contributed by atoms with Crippen molar-refractivity contribution in [1.29, 1.82) is 0 Å². The third kappa shape index (κ3) is 10.6. The number of nitrogens with zero attached hydrogens (tertiary/aromatic N) is 1. The molecule has 0 unspecified atom stereocenters. The van der Waals surface area contributed by atoms with Gasteiger partial charge in [-0.2, -0.15) is 26.3 Å². The summed E-state index contributed by atoms with van der Waals surface area (Å²) in [5.41, 5.74) is -1.21. The van der Waals surface area contributed by atoms with Crippen LogP contribution < -0.4 is 20.3 Å². The topological polar surface area (TPSA) is 117 Å². The van der Waals surface area contributed by atoms with Gasteiger partial charge in [0.15, 0.2) is 0 Å². The second kappa shape index (κ2) is 16.5. The molecule has 1 aliphatic rings. The summed E-state index contributed by atoms with van der Waals surface area (Å²) in [5.74, 6) is -0.372. The number of amides is 1.